The maximum absolute atomic E-state index is 12.9. The van der Waals surface area contributed by atoms with Gasteiger partial charge in [-0.3, -0.25) is 19.8 Å². The normalized spacial score (nSPS) is 17.0. The molecule has 0 spiro atoms. The minimum atomic E-state index is -0.852. The summed E-state index contributed by atoms with van der Waals surface area (Å²) in [4.78, 5) is 39.4. The number of nitrogens with zero attached hydrogens (tertiary/aromatic N) is 2. The van der Waals surface area contributed by atoms with Gasteiger partial charge in [-0.2, -0.15) is 0 Å². The lowest BCUT2D eigenvalue weighted by Gasteiger charge is -2.40. The molecule has 136 valence electrons. The third-order valence-electron chi connectivity index (χ3n) is 4.81. The third kappa shape index (κ3) is 4.36. The van der Waals surface area contributed by atoms with Crippen LogP contribution in [0.1, 0.15) is 26.3 Å². The summed E-state index contributed by atoms with van der Waals surface area (Å²) in [5.41, 5.74) is 5.37. The van der Waals surface area contributed by atoms with Crippen molar-refractivity contribution in [3.05, 3.63) is 35.9 Å². The molecular formula is C18H26N4O3. The van der Waals surface area contributed by atoms with Gasteiger partial charge in [0, 0.05) is 26.2 Å². The van der Waals surface area contributed by atoms with Crippen molar-refractivity contribution < 1.29 is 14.4 Å². The molecule has 1 aliphatic rings. The molecule has 4 amide bonds. The first-order chi connectivity index (χ1) is 11.7. The van der Waals surface area contributed by atoms with Gasteiger partial charge in [-0.15, -0.1) is 0 Å². The van der Waals surface area contributed by atoms with Crippen molar-refractivity contribution in [1.82, 2.24) is 15.1 Å². The SMILES string of the molecule is C[C@@H](C(=O)NC(N)=O)N1CCN(C(=O)C(C)(C)c2ccccc2)CC1. The molecule has 1 aromatic rings. The second kappa shape index (κ2) is 7.65. The Kier molecular flexibility index (Phi) is 5.79. The van der Waals surface area contributed by atoms with Crippen molar-refractivity contribution in [2.75, 3.05) is 26.2 Å². The van der Waals surface area contributed by atoms with Crippen LogP contribution in [0.4, 0.5) is 4.79 Å². The van der Waals surface area contributed by atoms with Crippen molar-refractivity contribution in [2.24, 2.45) is 5.73 Å². The van der Waals surface area contributed by atoms with Crippen LogP contribution in [-0.2, 0) is 15.0 Å². The highest BCUT2D eigenvalue weighted by atomic mass is 16.2. The van der Waals surface area contributed by atoms with E-state index >= 15 is 0 Å². The lowest BCUT2D eigenvalue weighted by Crippen LogP contribution is -2.57. The van der Waals surface area contributed by atoms with E-state index in [2.05, 4.69) is 5.32 Å². The number of nitrogens with two attached hydrogens (primary N) is 1. The van der Waals surface area contributed by atoms with Crippen molar-refractivity contribution >= 4 is 17.8 Å². The van der Waals surface area contributed by atoms with Gasteiger partial charge in [0.1, 0.15) is 0 Å². The zero-order valence-electron chi connectivity index (χ0n) is 15.0. The zero-order valence-corrected chi connectivity index (χ0v) is 15.0. The van der Waals surface area contributed by atoms with Crippen LogP contribution in [0.2, 0.25) is 0 Å². The number of piperazine rings is 1. The molecule has 1 aliphatic heterocycles. The van der Waals surface area contributed by atoms with Gasteiger partial charge in [0.2, 0.25) is 11.8 Å². The second-order valence-corrected chi connectivity index (χ2v) is 6.85. The quantitative estimate of drug-likeness (QED) is 0.838. The van der Waals surface area contributed by atoms with Crippen LogP contribution in [-0.4, -0.2) is 59.9 Å². The summed E-state index contributed by atoms with van der Waals surface area (Å²) in [6.45, 7) is 7.82. The number of benzene rings is 1. The van der Waals surface area contributed by atoms with Gasteiger partial charge in [0.05, 0.1) is 11.5 Å². The van der Waals surface area contributed by atoms with E-state index in [9.17, 15) is 14.4 Å². The van der Waals surface area contributed by atoms with Crippen LogP contribution in [0.3, 0.4) is 0 Å². The predicted molar refractivity (Wildman–Crippen MR) is 94.8 cm³/mol. The number of amides is 4. The first-order valence-electron chi connectivity index (χ1n) is 8.42. The Hall–Kier alpha value is -2.41. The molecule has 7 nitrogen and oxygen atoms in total. The summed E-state index contributed by atoms with van der Waals surface area (Å²) < 4.78 is 0. The standard InChI is InChI=1S/C18H26N4O3/c1-13(15(23)20-17(19)25)21-9-11-22(12-10-21)16(24)18(2,3)14-7-5-4-6-8-14/h4-8,13H,9-12H2,1-3H3,(H3,19,20,23,25)/t13-/m0/s1. The second-order valence-electron chi connectivity index (χ2n) is 6.85. The Bertz CT molecular complexity index is 637. The maximum atomic E-state index is 12.9. The van der Waals surface area contributed by atoms with Gasteiger partial charge in [-0.1, -0.05) is 30.3 Å². The van der Waals surface area contributed by atoms with E-state index in [1.54, 1.807) is 6.92 Å². The third-order valence-corrected chi connectivity index (χ3v) is 4.81. The molecule has 0 radical (unpaired) electrons. The van der Waals surface area contributed by atoms with Gasteiger partial charge < -0.3 is 10.6 Å². The van der Waals surface area contributed by atoms with Gasteiger partial charge in [-0.25, -0.2) is 4.79 Å². The summed E-state index contributed by atoms with van der Waals surface area (Å²) in [6.07, 6.45) is 0. The fourth-order valence-electron chi connectivity index (χ4n) is 3.08. The van der Waals surface area contributed by atoms with E-state index in [1.165, 1.54) is 0 Å². The zero-order chi connectivity index (χ0) is 18.6. The van der Waals surface area contributed by atoms with Crippen LogP contribution >= 0.6 is 0 Å². The summed E-state index contributed by atoms with van der Waals surface area (Å²) >= 11 is 0. The molecule has 0 saturated carbocycles. The van der Waals surface area contributed by atoms with E-state index in [0.717, 1.165) is 5.56 Å². The largest absolute Gasteiger partial charge is 0.351 e. The van der Waals surface area contributed by atoms with E-state index in [0.29, 0.717) is 26.2 Å². The number of urea groups is 1. The molecule has 1 saturated heterocycles. The highest BCUT2D eigenvalue weighted by Gasteiger charge is 2.36. The summed E-state index contributed by atoms with van der Waals surface area (Å²) in [7, 11) is 0. The summed E-state index contributed by atoms with van der Waals surface area (Å²) in [6, 6.07) is 8.40. The molecule has 0 unspecified atom stereocenters. The van der Waals surface area contributed by atoms with Gasteiger partial charge in [0.15, 0.2) is 0 Å². The fraction of sp³-hybridized carbons (Fsp3) is 0.500. The van der Waals surface area contributed by atoms with Crippen molar-refractivity contribution in [1.29, 1.82) is 0 Å². The van der Waals surface area contributed by atoms with Gasteiger partial charge in [0.25, 0.3) is 0 Å². The number of imide groups is 1. The van der Waals surface area contributed by atoms with Crippen molar-refractivity contribution in [3.8, 4) is 0 Å². The smallest absolute Gasteiger partial charge is 0.318 e. The van der Waals surface area contributed by atoms with Gasteiger partial charge in [-0.05, 0) is 26.3 Å². The Morgan fingerprint density at radius 2 is 1.64 bits per heavy atom. The van der Waals surface area contributed by atoms with Crippen LogP contribution in [0.25, 0.3) is 0 Å². The molecule has 0 aliphatic carbocycles. The minimum Gasteiger partial charge on any atom is -0.351 e. The molecule has 3 N–H and O–H groups in total. The number of carbonyl (C=O) groups excluding carboxylic acids is 3. The predicted octanol–water partition coefficient (Wildman–Crippen LogP) is 0.692. The van der Waals surface area contributed by atoms with Crippen molar-refractivity contribution in [3.63, 3.8) is 0 Å². The number of nitrogens with one attached hydrogen (secondary N) is 1. The van der Waals surface area contributed by atoms with E-state index in [-0.39, 0.29) is 5.91 Å². The highest BCUT2D eigenvalue weighted by molar-refractivity contribution is 5.96. The Morgan fingerprint density at radius 3 is 2.16 bits per heavy atom. The molecule has 2 rings (SSSR count). The average molecular weight is 346 g/mol. The average Bonchev–Trinajstić information content (AvgIpc) is 2.60. The molecule has 1 aromatic carbocycles. The minimum absolute atomic E-state index is 0.0765. The topological polar surface area (TPSA) is 95.7 Å². The van der Waals surface area contributed by atoms with Crippen LogP contribution < -0.4 is 11.1 Å². The lowest BCUT2D eigenvalue weighted by atomic mass is 9.83. The molecule has 1 heterocycles. The van der Waals surface area contributed by atoms with Crippen LogP contribution in [0.15, 0.2) is 30.3 Å². The number of rotatable bonds is 4. The Morgan fingerprint density at radius 1 is 1.08 bits per heavy atom. The summed E-state index contributed by atoms with van der Waals surface area (Å²) in [5, 5.41) is 2.10. The first kappa shape index (κ1) is 18.9. The van der Waals surface area contributed by atoms with E-state index < -0.39 is 23.4 Å². The van der Waals surface area contributed by atoms with Crippen LogP contribution in [0.5, 0.6) is 0 Å². The Balaban J connectivity index is 1.96. The molecule has 25 heavy (non-hydrogen) atoms. The molecular weight excluding hydrogens is 320 g/mol. The summed E-state index contributed by atoms with van der Waals surface area (Å²) in [5.74, 6) is -0.343. The fourth-order valence-corrected chi connectivity index (χ4v) is 3.08. The molecule has 0 aromatic heterocycles. The number of carbonyl (C=O) groups is 3. The highest BCUT2D eigenvalue weighted by Crippen LogP contribution is 2.26. The van der Waals surface area contributed by atoms with E-state index in [1.807, 2.05) is 54.0 Å². The number of hydrogen-bond acceptors (Lipinski definition) is 4. The van der Waals surface area contributed by atoms with Crippen LogP contribution in [0, 0.1) is 0 Å². The molecule has 0 bridgehead atoms. The first-order valence-corrected chi connectivity index (χ1v) is 8.42. The Labute approximate surface area is 148 Å². The maximum Gasteiger partial charge on any atom is 0.318 e. The number of hydrogen-bond donors (Lipinski definition) is 2. The molecule has 1 atom stereocenters. The van der Waals surface area contributed by atoms with Crippen molar-refractivity contribution in [2.45, 2.75) is 32.2 Å². The number of primary amides is 1. The van der Waals surface area contributed by atoms with E-state index in [4.69, 9.17) is 5.73 Å². The molecule has 7 heteroatoms. The monoisotopic (exact) mass is 346 g/mol. The van der Waals surface area contributed by atoms with Gasteiger partial charge >= 0.3 is 6.03 Å². The molecule has 1 fully saturated rings. The lowest BCUT2D eigenvalue weighted by molar-refractivity contribution is -0.138.